The summed E-state index contributed by atoms with van der Waals surface area (Å²) in [6.45, 7) is 3.40. The second-order valence-corrected chi connectivity index (χ2v) is 2.94. The number of hydrogen-bond acceptors (Lipinski definition) is 3. The zero-order valence-corrected chi connectivity index (χ0v) is 7.72. The van der Waals surface area contributed by atoms with E-state index in [0.717, 1.165) is 24.4 Å². The summed E-state index contributed by atoms with van der Waals surface area (Å²) < 4.78 is 10.4. The van der Waals surface area contributed by atoms with Crippen molar-refractivity contribution in [3.05, 3.63) is 11.5 Å². The van der Waals surface area contributed by atoms with Crippen LogP contribution in [0, 0.1) is 0 Å². The quantitative estimate of drug-likeness (QED) is 0.591. The van der Waals surface area contributed by atoms with E-state index in [9.17, 15) is 4.79 Å². The minimum absolute atomic E-state index is 0.0916. The van der Waals surface area contributed by atoms with Crippen LogP contribution in [0.5, 0.6) is 0 Å². The lowest BCUT2D eigenvalue weighted by Gasteiger charge is -2.07. The number of ketones is 1. The second-order valence-electron chi connectivity index (χ2n) is 2.94. The van der Waals surface area contributed by atoms with Gasteiger partial charge in [-0.25, -0.2) is 0 Å². The van der Waals surface area contributed by atoms with Crippen molar-refractivity contribution >= 4 is 5.78 Å². The van der Waals surface area contributed by atoms with Crippen LogP contribution in [0.1, 0.15) is 26.7 Å². The minimum Gasteiger partial charge on any atom is -0.498 e. The molecule has 0 bridgehead atoms. The third-order valence-corrected chi connectivity index (χ3v) is 2.07. The molecule has 1 aliphatic rings. The van der Waals surface area contributed by atoms with Gasteiger partial charge in [0.1, 0.15) is 11.5 Å². The fourth-order valence-corrected chi connectivity index (χ4v) is 1.21. The van der Waals surface area contributed by atoms with Crippen LogP contribution in [0.4, 0.5) is 0 Å². The average molecular weight is 170 g/mol. The molecule has 1 rings (SSSR count). The fourth-order valence-electron chi connectivity index (χ4n) is 1.21. The molecule has 0 aromatic heterocycles. The van der Waals surface area contributed by atoms with Gasteiger partial charge in [-0.1, -0.05) is 0 Å². The van der Waals surface area contributed by atoms with Crippen LogP contribution in [0.25, 0.3) is 0 Å². The fraction of sp³-hybridized carbons (Fsp3) is 0.667. The molecule has 0 amide bonds. The van der Waals surface area contributed by atoms with Crippen molar-refractivity contribution in [3.63, 3.8) is 0 Å². The lowest BCUT2D eigenvalue weighted by atomic mass is 10.2. The Morgan fingerprint density at radius 1 is 1.58 bits per heavy atom. The Bertz CT molecular complexity index is 218. The number of hydrogen-bond donors (Lipinski definition) is 0. The summed E-state index contributed by atoms with van der Waals surface area (Å²) in [5, 5.41) is 0. The van der Waals surface area contributed by atoms with Crippen LogP contribution in [-0.4, -0.2) is 19.0 Å². The van der Waals surface area contributed by atoms with Crippen molar-refractivity contribution in [1.29, 1.82) is 0 Å². The molecule has 1 unspecified atom stereocenters. The molecule has 0 N–H and O–H groups in total. The van der Waals surface area contributed by atoms with E-state index < -0.39 is 0 Å². The van der Waals surface area contributed by atoms with E-state index in [1.54, 1.807) is 14.0 Å². The number of carbonyl (C=O) groups is 1. The van der Waals surface area contributed by atoms with Gasteiger partial charge >= 0.3 is 0 Å². The second kappa shape index (κ2) is 3.61. The molecule has 0 radical (unpaired) electrons. The summed E-state index contributed by atoms with van der Waals surface area (Å²) in [6.07, 6.45) is 1.35. The summed E-state index contributed by atoms with van der Waals surface area (Å²) in [7, 11) is 1.60. The Balaban J connectivity index is 2.62. The molecule has 1 heterocycles. The van der Waals surface area contributed by atoms with Gasteiger partial charge in [0, 0.05) is 6.42 Å². The predicted molar refractivity (Wildman–Crippen MR) is 44.5 cm³/mol. The summed E-state index contributed by atoms with van der Waals surface area (Å²) in [6, 6.07) is 0. The van der Waals surface area contributed by atoms with Gasteiger partial charge in [-0.15, -0.1) is 0 Å². The number of Topliss-reactive ketones (excluding diaryl/α,β-unsaturated/α-hetero) is 1. The number of carbonyl (C=O) groups excluding carboxylic acids is 1. The largest absolute Gasteiger partial charge is 0.498 e. The van der Waals surface area contributed by atoms with Gasteiger partial charge < -0.3 is 9.47 Å². The van der Waals surface area contributed by atoms with Crippen molar-refractivity contribution in [1.82, 2.24) is 0 Å². The van der Waals surface area contributed by atoms with Crippen LogP contribution < -0.4 is 0 Å². The Hall–Kier alpha value is -0.990. The van der Waals surface area contributed by atoms with Crippen LogP contribution in [-0.2, 0) is 14.3 Å². The van der Waals surface area contributed by atoms with Crippen molar-refractivity contribution in [2.24, 2.45) is 0 Å². The monoisotopic (exact) mass is 170 g/mol. The summed E-state index contributed by atoms with van der Waals surface area (Å²) in [4.78, 5) is 10.9. The average Bonchev–Trinajstić information content (AvgIpc) is 2.51. The third-order valence-electron chi connectivity index (χ3n) is 2.07. The summed E-state index contributed by atoms with van der Waals surface area (Å²) in [5.41, 5.74) is 0. The predicted octanol–water partition coefficient (Wildman–Crippen LogP) is 1.63. The normalized spacial score (nSPS) is 26.4. The molecule has 1 fully saturated rings. The van der Waals surface area contributed by atoms with Crippen LogP contribution >= 0.6 is 0 Å². The molecular weight excluding hydrogens is 156 g/mol. The molecular formula is C9H14O3. The minimum atomic E-state index is -0.245. The molecule has 3 heteroatoms. The molecule has 1 saturated heterocycles. The molecule has 68 valence electrons. The lowest BCUT2D eigenvalue weighted by molar-refractivity contribution is -0.124. The summed E-state index contributed by atoms with van der Waals surface area (Å²) in [5.74, 6) is 1.69. The molecule has 0 spiro atoms. The zero-order valence-electron chi connectivity index (χ0n) is 7.72. The van der Waals surface area contributed by atoms with Gasteiger partial charge in [0.05, 0.1) is 7.11 Å². The Morgan fingerprint density at radius 2 is 2.25 bits per heavy atom. The first kappa shape index (κ1) is 9.10. The first-order chi connectivity index (χ1) is 5.65. The van der Waals surface area contributed by atoms with E-state index in [4.69, 9.17) is 9.47 Å². The molecule has 0 aliphatic carbocycles. The highest BCUT2D eigenvalue weighted by Gasteiger charge is 2.26. The van der Waals surface area contributed by atoms with Crippen molar-refractivity contribution in [3.8, 4) is 0 Å². The maximum atomic E-state index is 10.9. The Kier molecular flexibility index (Phi) is 2.74. The van der Waals surface area contributed by atoms with Gasteiger partial charge in [-0.2, -0.15) is 0 Å². The van der Waals surface area contributed by atoms with Crippen molar-refractivity contribution in [2.75, 3.05) is 7.11 Å². The van der Waals surface area contributed by atoms with Crippen molar-refractivity contribution in [2.45, 2.75) is 32.8 Å². The Morgan fingerprint density at radius 3 is 2.67 bits per heavy atom. The highest BCUT2D eigenvalue weighted by molar-refractivity contribution is 5.80. The van der Waals surface area contributed by atoms with E-state index >= 15 is 0 Å². The zero-order chi connectivity index (χ0) is 9.14. The number of methoxy groups -OCH3 is 1. The smallest absolute Gasteiger partial charge is 0.170 e. The molecule has 1 aliphatic heterocycles. The standard InChI is InChI=1S/C9H14O3/c1-6(10)8-4-5-9(12-8)7(2)11-3/h8H,4-5H2,1-3H3. The highest BCUT2D eigenvalue weighted by Crippen LogP contribution is 2.26. The molecule has 0 saturated carbocycles. The molecule has 12 heavy (non-hydrogen) atoms. The van der Waals surface area contributed by atoms with Gasteiger partial charge in [0.25, 0.3) is 0 Å². The van der Waals surface area contributed by atoms with Gasteiger partial charge in [-0.05, 0) is 20.3 Å². The molecule has 0 aromatic rings. The maximum absolute atomic E-state index is 10.9. The molecule has 0 aromatic carbocycles. The Labute approximate surface area is 72.4 Å². The topological polar surface area (TPSA) is 35.5 Å². The number of allylic oxidation sites excluding steroid dienone is 2. The van der Waals surface area contributed by atoms with E-state index in [0.29, 0.717) is 0 Å². The SMILES string of the molecule is COC(C)=C1CCC(C(C)=O)O1. The number of ether oxygens (including phenoxy) is 2. The lowest BCUT2D eigenvalue weighted by Crippen LogP contribution is -2.14. The van der Waals surface area contributed by atoms with Gasteiger partial charge in [-0.3, -0.25) is 4.79 Å². The van der Waals surface area contributed by atoms with Crippen LogP contribution in [0.3, 0.4) is 0 Å². The van der Waals surface area contributed by atoms with Crippen LogP contribution in [0.15, 0.2) is 11.5 Å². The first-order valence-corrected chi connectivity index (χ1v) is 4.06. The summed E-state index contributed by atoms with van der Waals surface area (Å²) >= 11 is 0. The van der Waals surface area contributed by atoms with E-state index in [2.05, 4.69) is 0 Å². The van der Waals surface area contributed by atoms with E-state index in [1.807, 2.05) is 6.92 Å². The van der Waals surface area contributed by atoms with Crippen molar-refractivity contribution < 1.29 is 14.3 Å². The maximum Gasteiger partial charge on any atom is 0.170 e. The highest BCUT2D eigenvalue weighted by atomic mass is 16.5. The van der Waals surface area contributed by atoms with Crippen LogP contribution in [0.2, 0.25) is 0 Å². The molecule has 3 nitrogen and oxygen atoms in total. The molecule has 1 atom stereocenters. The van der Waals surface area contributed by atoms with E-state index in [-0.39, 0.29) is 11.9 Å². The number of rotatable bonds is 2. The van der Waals surface area contributed by atoms with E-state index in [1.165, 1.54) is 0 Å². The third kappa shape index (κ3) is 1.78. The van der Waals surface area contributed by atoms with Gasteiger partial charge in [0.2, 0.25) is 0 Å². The van der Waals surface area contributed by atoms with Gasteiger partial charge in [0.15, 0.2) is 11.9 Å². The first-order valence-electron chi connectivity index (χ1n) is 4.06.